The van der Waals surface area contributed by atoms with Gasteiger partial charge in [0.25, 0.3) is 0 Å². The number of anilines is 1. The van der Waals surface area contributed by atoms with Gasteiger partial charge in [0, 0.05) is 18.2 Å². The Bertz CT molecular complexity index is 359. The molecule has 1 aromatic rings. The zero-order chi connectivity index (χ0) is 11.3. The average molecular weight is 211 g/mol. The van der Waals surface area contributed by atoms with Crippen LogP contribution in [0.3, 0.4) is 0 Å². The highest BCUT2D eigenvalue weighted by atomic mass is 16.4. The predicted octanol–water partition coefficient (Wildman–Crippen LogP) is 0.775. The van der Waals surface area contributed by atoms with Gasteiger partial charge in [-0.1, -0.05) is 6.92 Å². The summed E-state index contributed by atoms with van der Waals surface area (Å²) in [5.41, 5.74) is 0.920. The Balaban J connectivity index is 2.40. The highest BCUT2D eigenvalue weighted by Crippen LogP contribution is 2.06. The van der Waals surface area contributed by atoms with Gasteiger partial charge in [-0.25, -0.2) is 0 Å². The third-order valence-electron chi connectivity index (χ3n) is 1.85. The first kappa shape index (κ1) is 11.2. The van der Waals surface area contributed by atoms with E-state index in [0.717, 1.165) is 12.1 Å². The summed E-state index contributed by atoms with van der Waals surface area (Å²) in [6.07, 6.45) is 0.596. The van der Waals surface area contributed by atoms with Crippen LogP contribution in [0.4, 0.5) is 5.82 Å². The van der Waals surface area contributed by atoms with Crippen LogP contribution in [0, 0.1) is 0 Å². The first-order chi connectivity index (χ1) is 7.11. The van der Waals surface area contributed by atoms with E-state index in [-0.39, 0.29) is 18.7 Å². The van der Waals surface area contributed by atoms with Crippen molar-refractivity contribution in [2.24, 2.45) is 0 Å². The number of aromatic nitrogens is 2. The van der Waals surface area contributed by atoms with E-state index < -0.39 is 5.97 Å². The summed E-state index contributed by atoms with van der Waals surface area (Å²) in [4.78, 5) is 21.4. The van der Waals surface area contributed by atoms with Gasteiger partial charge in [0.05, 0.1) is 6.42 Å². The Morgan fingerprint density at radius 1 is 1.53 bits per heavy atom. The van der Waals surface area contributed by atoms with Crippen LogP contribution in [-0.4, -0.2) is 27.2 Å². The third kappa shape index (κ3) is 3.80. The Labute approximate surface area is 86.7 Å². The van der Waals surface area contributed by atoms with Gasteiger partial charge in [-0.15, -0.1) is 0 Å². The first-order valence-corrected chi connectivity index (χ1v) is 4.67. The van der Waals surface area contributed by atoms with E-state index >= 15 is 0 Å². The lowest BCUT2D eigenvalue weighted by molar-refractivity contribution is -0.138. The smallest absolute Gasteiger partial charge is 0.303 e. The molecule has 0 aliphatic carbocycles. The molecule has 0 aromatic carbocycles. The van der Waals surface area contributed by atoms with Crippen molar-refractivity contribution in [2.75, 3.05) is 5.32 Å². The second-order valence-electron chi connectivity index (χ2n) is 3.07. The van der Waals surface area contributed by atoms with E-state index in [2.05, 4.69) is 15.5 Å². The number of carboxylic acid groups (broad SMARTS) is 1. The number of nitrogens with zero attached hydrogens (tertiary/aromatic N) is 1. The summed E-state index contributed by atoms with van der Waals surface area (Å²) in [7, 11) is 0. The van der Waals surface area contributed by atoms with E-state index in [1.165, 1.54) is 0 Å². The molecule has 0 aliphatic rings. The summed E-state index contributed by atoms with van der Waals surface area (Å²) in [5.74, 6) is -0.893. The fraction of sp³-hybridized carbons (Fsp3) is 0.444. The van der Waals surface area contributed by atoms with Gasteiger partial charge >= 0.3 is 5.97 Å². The SMILES string of the molecule is CCc1cc(NC(=O)CCC(=O)O)n[nH]1. The first-order valence-electron chi connectivity index (χ1n) is 4.67. The van der Waals surface area contributed by atoms with Gasteiger partial charge < -0.3 is 10.4 Å². The van der Waals surface area contributed by atoms with Crippen molar-refractivity contribution in [3.63, 3.8) is 0 Å². The maximum atomic E-state index is 11.2. The van der Waals surface area contributed by atoms with Gasteiger partial charge in [-0.05, 0) is 6.42 Å². The van der Waals surface area contributed by atoms with Crippen LogP contribution < -0.4 is 5.32 Å². The fourth-order valence-electron chi connectivity index (χ4n) is 1.03. The zero-order valence-electron chi connectivity index (χ0n) is 8.41. The molecule has 1 aromatic heterocycles. The minimum Gasteiger partial charge on any atom is -0.481 e. The molecule has 0 aliphatic heterocycles. The molecular weight excluding hydrogens is 198 g/mol. The van der Waals surface area contributed by atoms with E-state index in [1.807, 2.05) is 6.92 Å². The predicted molar refractivity (Wildman–Crippen MR) is 53.5 cm³/mol. The zero-order valence-corrected chi connectivity index (χ0v) is 8.41. The van der Waals surface area contributed by atoms with Crippen LogP contribution in [0.25, 0.3) is 0 Å². The van der Waals surface area contributed by atoms with Gasteiger partial charge in [0.1, 0.15) is 0 Å². The molecule has 0 bridgehead atoms. The molecule has 6 heteroatoms. The Morgan fingerprint density at radius 3 is 2.80 bits per heavy atom. The minimum absolute atomic E-state index is 0.0380. The molecule has 1 amide bonds. The molecule has 82 valence electrons. The highest BCUT2D eigenvalue weighted by Gasteiger charge is 2.07. The van der Waals surface area contributed by atoms with E-state index in [1.54, 1.807) is 6.07 Å². The van der Waals surface area contributed by atoms with Crippen molar-refractivity contribution in [1.29, 1.82) is 0 Å². The van der Waals surface area contributed by atoms with Gasteiger partial charge in [-0.3, -0.25) is 14.7 Å². The molecule has 3 N–H and O–H groups in total. The maximum absolute atomic E-state index is 11.2. The lowest BCUT2D eigenvalue weighted by Gasteiger charge is -1.98. The number of nitrogens with one attached hydrogen (secondary N) is 2. The Kier molecular flexibility index (Phi) is 3.84. The van der Waals surface area contributed by atoms with Crippen LogP contribution in [0.2, 0.25) is 0 Å². The number of carboxylic acids is 1. The van der Waals surface area contributed by atoms with Gasteiger partial charge in [0.2, 0.25) is 5.91 Å². The van der Waals surface area contributed by atoms with Crippen molar-refractivity contribution in [1.82, 2.24) is 10.2 Å². The van der Waals surface area contributed by atoms with E-state index in [9.17, 15) is 9.59 Å². The van der Waals surface area contributed by atoms with Crippen molar-refractivity contribution < 1.29 is 14.7 Å². The molecule has 0 spiro atoms. The quantitative estimate of drug-likeness (QED) is 0.670. The van der Waals surface area contributed by atoms with E-state index in [0.29, 0.717) is 5.82 Å². The number of carbonyl (C=O) groups is 2. The maximum Gasteiger partial charge on any atom is 0.303 e. The lowest BCUT2D eigenvalue weighted by atomic mass is 10.3. The van der Waals surface area contributed by atoms with Crippen molar-refractivity contribution >= 4 is 17.7 Å². The van der Waals surface area contributed by atoms with Crippen molar-refractivity contribution in [3.8, 4) is 0 Å². The summed E-state index contributed by atoms with van der Waals surface area (Å²) in [6, 6.07) is 1.72. The number of H-pyrrole nitrogens is 1. The average Bonchev–Trinajstić information content (AvgIpc) is 2.62. The number of aryl methyl sites for hydroxylation is 1. The van der Waals surface area contributed by atoms with Crippen LogP contribution in [-0.2, 0) is 16.0 Å². The second kappa shape index (κ2) is 5.14. The number of carbonyl (C=O) groups excluding carboxylic acids is 1. The normalized spacial score (nSPS) is 9.93. The Morgan fingerprint density at radius 2 is 2.27 bits per heavy atom. The summed E-state index contributed by atoms with van der Waals surface area (Å²) < 4.78 is 0. The van der Waals surface area contributed by atoms with E-state index in [4.69, 9.17) is 5.11 Å². The molecule has 6 nitrogen and oxygen atoms in total. The molecule has 0 radical (unpaired) electrons. The highest BCUT2D eigenvalue weighted by molar-refractivity contribution is 5.91. The molecule has 0 atom stereocenters. The number of amides is 1. The summed E-state index contributed by atoms with van der Waals surface area (Å²) in [6.45, 7) is 1.96. The third-order valence-corrected chi connectivity index (χ3v) is 1.85. The van der Waals surface area contributed by atoms with Crippen molar-refractivity contribution in [2.45, 2.75) is 26.2 Å². The largest absolute Gasteiger partial charge is 0.481 e. The number of hydrogen-bond acceptors (Lipinski definition) is 3. The molecule has 0 saturated carbocycles. The Hall–Kier alpha value is -1.85. The topological polar surface area (TPSA) is 95.1 Å². The second-order valence-corrected chi connectivity index (χ2v) is 3.07. The molecule has 0 saturated heterocycles. The number of rotatable bonds is 5. The molecule has 1 rings (SSSR count). The molecular formula is C9H13N3O3. The molecule has 0 unspecified atom stereocenters. The standard InChI is InChI=1S/C9H13N3O3/c1-2-6-5-7(12-11-6)10-8(13)3-4-9(14)15/h5H,2-4H2,1H3,(H,14,15)(H2,10,11,12,13). The van der Waals surface area contributed by atoms with Gasteiger partial charge in [-0.2, -0.15) is 5.10 Å². The monoisotopic (exact) mass is 211 g/mol. The molecule has 1 heterocycles. The number of hydrogen-bond donors (Lipinski definition) is 3. The van der Waals surface area contributed by atoms with Crippen molar-refractivity contribution in [3.05, 3.63) is 11.8 Å². The fourth-order valence-corrected chi connectivity index (χ4v) is 1.03. The molecule has 0 fully saturated rings. The van der Waals surface area contributed by atoms with Crippen LogP contribution in [0.5, 0.6) is 0 Å². The number of aromatic amines is 1. The summed E-state index contributed by atoms with van der Waals surface area (Å²) in [5, 5.41) is 17.5. The number of aliphatic carboxylic acids is 1. The summed E-state index contributed by atoms with van der Waals surface area (Å²) >= 11 is 0. The van der Waals surface area contributed by atoms with Crippen LogP contribution >= 0.6 is 0 Å². The lowest BCUT2D eigenvalue weighted by Crippen LogP contribution is -2.13. The molecule has 15 heavy (non-hydrogen) atoms. The van der Waals surface area contributed by atoms with Crippen LogP contribution in [0.1, 0.15) is 25.5 Å². The minimum atomic E-state index is -0.985. The van der Waals surface area contributed by atoms with Gasteiger partial charge in [0.15, 0.2) is 5.82 Å². The van der Waals surface area contributed by atoms with Crippen LogP contribution in [0.15, 0.2) is 6.07 Å².